The van der Waals surface area contributed by atoms with Crippen molar-refractivity contribution < 1.29 is 0 Å². The summed E-state index contributed by atoms with van der Waals surface area (Å²) in [5.41, 5.74) is 6.00. The summed E-state index contributed by atoms with van der Waals surface area (Å²) in [4.78, 5) is 20.6. The third-order valence-corrected chi connectivity index (χ3v) is 2.83. The lowest BCUT2D eigenvalue weighted by atomic mass is 10.3. The van der Waals surface area contributed by atoms with Crippen molar-refractivity contribution >= 4 is 17.5 Å². The van der Waals surface area contributed by atoms with E-state index >= 15 is 0 Å². The molecule has 0 saturated heterocycles. The Morgan fingerprint density at radius 1 is 1.47 bits per heavy atom. The summed E-state index contributed by atoms with van der Waals surface area (Å²) in [6.45, 7) is 1.69. The van der Waals surface area contributed by atoms with Gasteiger partial charge in [0.1, 0.15) is 5.69 Å². The maximum Gasteiger partial charge on any atom is 0.278 e. The molecule has 1 aliphatic carbocycles. The largest absolute Gasteiger partial charge is 0.369 e. The Bertz CT molecular complexity index is 450. The number of anilines is 3. The zero-order valence-corrected chi connectivity index (χ0v) is 8.29. The fraction of sp³-hybridized carbons (Fsp3) is 0.556. The molecule has 2 heterocycles. The van der Waals surface area contributed by atoms with Crippen LogP contribution >= 0.6 is 0 Å². The molecule has 2 aliphatic rings. The third-order valence-electron chi connectivity index (χ3n) is 2.83. The SMILES string of the molecule is Nc1nc2c(c(=O)[nH]1)N(C1CC1)CCN2. The minimum atomic E-state index is -0.142. The van der Waals surface area contributed by atoms with E-state index in [1.165, 1.54) is 12.8 Å². The third kappa shape index (κ3) is 1.33. The average Bonchev–Trinajstić information content (AvgIpc) is 2.99. The van der Waals surface area contributed by atoms with Gasteiger partial charge in [-0.2, -0.15) is 4.98 Å². The Morgan fingerprint density at radius 2 is 2.27 bits per heavy atom. The number of rotatable bonds is 1. The number of hydrogen-bond acceptors (Lipinski definition) is 5. The van der Waals surface area contributed by atoms with Crippen molar-refractivity contribution in [3.63, 3.8) is 0 Å². The molecule has 0 spiro atoms. The van der Waals surface area contributed by atoms with Crippen LogP contribution in [0.1, 0.15) is 12.8 Å². The smallest absolute Gasteiger partial charge is 0.278 e. The molecule has 1 aromatic rings. The molecule has 0 radical (unpaired) electrons. The van der Waals surface area contributed by atoms with Crippen molar-refractivity contribution in [3.8, 4) is 0 Å². The summed E-state index contributed by atoms with van der Waals surface area (Å²) in [6, 6.07) is 0.525. The Hall–Kier alpha value is -1.72. The van der Waals surface area contributed by atoms with Crippen molar-refractivity contribution in [1.82, 2.24) is 9.97 Å². The van der Waals surface area contributed by atoms with E-state index in [9.17, 15) is 4.79 Å². The van der Waals surface area contributed by atoms with E-state index < -0.39 is 0 Å². The van der Waals surface area contributed by atoms with Gasteiger partial charge in [0.25, 0.3) is 5.56 Å². The highest BCUT2D eigenvalue weighted by atomic mass is 16.1. The van der Waals surface area contributed by atoms with Crippen LogP contribution in [0.3, 0.4) is 0 Å². The summed E-state index contributed by atoms with van der Waals surface area (Å²) in [6.07, 6.45) is 2.34. The van der Waals surface area contributed by atoms with Crippen molar-refractivity contribution in [1.29, 1.82) is 0 Å². The van der Waals surface area contributed by atoms with E-state index in [0.717, 1.165) is 13.1 Å². The van der Waals surface area contributed by atoms with Crippen LogP contribution in [0.2, 0.25) is 0 Å². The molecule has 1 aliphatic heterocycles. The standard InChI is InChI=1S/C9H13N5O/c10-9-12-7-6(8(15)13-9)14(4-3-11-7)5-1-2-5/h5H,1-4H2,(H4,10,11,12,13,15). The molecule has 4 N–H and O–H groups in total. The van der Waals surface area contributed by atoms with Crippen LogP contribution in [0.4, 0.5) is 17.5 Å². The predicted molar refractivity (Wildman–Crippen MR) is 58.1 cm³/mol. The second kappa shape index (κ2) is 2.88. The number of nitrogens with two attached hydrogens (primary N) is 1. The lowest BCUT2D eigenvalue weighted by Gasteiger charge is -2.30. The van der Waals surface area contributed by atoms with Crippen LogP contribution in [0.15, 0.2) is 4.79 Å². The number of aromatic amines is 1. The van der Waals surface area contributed by atoms with Crippen LogP contribution in [-0.2, 0) is 0 Å². The molecule has 15 heavy (non-hydrogen) atoms. The lowest BCUT2D eigenvalue weighted by molar-refractivity contribution is 0.766. The molecule has 0 bridgehead atoms. The van der Waals surface area contributed by atoms with Crippen molar-refractivity contribution in [2.24, 2.45) is 0 Å². The molecule has 0 aromatic carbocycles. The molecule has 1 fully saturated rings. The first kappa shape index (κ1) is 8.58. The normalized spacial score (nSPS) is 19.6. The van der Waals surface area contributed by atoms with E-state index in [-0.39, 0.29) is 11.5 Å². The minimum absolute atomic E-state index is 0.142. The van der Waals surface area contributed by atoms with Gasteiger partial charge in [-0.25, -0.2) is 0 Å². The second-order valence-corrected chi connectivity index (χ2v) is 4.00. The van der Waals surface area contributed by atoms with Gasteiger partial charge >= 0.3 is 0 Å². The fourth-order valence-electron chi connectivity index (χ4n) is 2.03. The van der Waals surface area contributed by atoms with Gasteiger partial charge < -0.3 is 16.0 Å². The van der Waals surface area contributed by atoms with Gasteiger partial charge in [-0.3, -0.25) is 9.78 Å². The van der Waals surface area contributed by atoms with Crippen LogP contribution < -0.4 is 21.5 Å². The maximum absolute atomic E-state index is 11.8. The van der Waals surface area contributed by atoms with Crippen LogP contribution in [-0.4, -0.2) is 29.1 Å². The van der Waals surface area contributed by atoms with Crippen molar-refractivity contribution in [2.45, 2.75) is 18.9 Å². The molecule has 80 valence electrons. The van der Waals surface area contributed by atoms with E-state index in [0.29, 0.717) is 17.5 Å². The highest BCUT2D eigenvalue weighted by molar-refractivity contribution is 5.69. The summed E-state index contributed by atoms with van der Waals surface area (Å²) in [7, 11) is 0. The van der Waals surface area contributed by atoms with Crippen LogP contribution in [0.25, 0.3) is 0 Å². The first-order chi connectivity index (χ1) is 7.25. The molecule has 0 amide bonds. The Morgan fingerprint density at radius 3 is 3.00 bits per heavy atom. The summed E-state index contributed by atoms with van der Waals surface area (Å²) in [5.74, 6) is 0.790. The molecule has 0 unspecified atom stereocenters. The first-order valence-corrected chi connectivity index (χ1v) is 5.16. The van der Waals surface area contributed by atoms with Gasteiger partial charge in [-0.05, 0) is 12.8 Å². The minimum Gasteiger partial charge on any atom is -0.369 e. The summed E-state index contributed by atoms with van der Waals surface area (Å²) >= 11 is 0. The highest BCUT2D eigenvalue weighted by Gasteiger charge is 2.34. The number of aromatic nitrogens is 2. The van der Waals surface area contributed by atoms with Gasteiger partial charge in [0.05, 0.1) is 0 Å². The molecule has 0 atom stereocenters. The molecular formula is C9H13N5O. The highest BCUT2D eigenvalue weighted by Crippen LogP contribution is 2.34. The van der Waals surface area contributed by atoms with Gasteiger partial charge in [0.15, 0.2) is 5.82 Å². The Balaban J connectivity index is 2.13. The number of hydrogen-bond donors (Lipinski definition) is 3. The Labute approximate surface area is 86.5 Å². The zero-order chi connectivity index (χ0) is 10.4. The van der Waals surface area contributed by atoms with Crippen molar-refractivity contribution in [2.75, 3.05) is 29.0 Å². The van der Waals surface area contributed by atoms with E-state index in [1.807, 2.05) is 0 Å². The molecule has 6 heteroatoms. The molecule has 1 saturated carbocycles. The van der Waals surface area contributed by atoms with E-state index in [1.54, 1.807) is 0 Å². The topological polar surface area (TPSA) is 87.0 Å². The van der Waals surface area contributed by atoms with Gasteiger partial charge in [0.2, 0.25) is 5.95 Å². The molecular weight excluding hydrogens is 194 g/mol. The number of nitrogen functional groups attached to an aromatic ring is 1. The van der Waals surface area contributed by atoms with Gasteiger partial charge in [-0.1, -0.05) is 0 Å². The Kier molecular flexibility index (Phi) is 1.65. The molecule has 6 nitrogen and oxygen atoms in total. The monoisotopic (exact) mass is 207 g/mol. The second-order valence-electron chi connectivity index (χ2n) is 4.00. The van der Waals surface area contributed by atoms with Crippen LogP contribution in [0.5, 0.6) is 0 Å². The predicted octanol–water partition coefficient (Wildman–Crippen LogP) is -0.254. The number of H-pyrrole nitrogens is 1. The van der Waals surface area contributed by atoms with Gasteiger partial charge in [-0.15, -0.1) is 0 Å². The number of nitrogens with one attached hydrogen (secondary N) is 2. The molecule has 1 aromatic heterocycles. The first-order valence-electron chi connectivity index (χ1n) is 5.16. The number of fused-ring (bicyclic) bond motifs is 1. The zero-order valence-electron chi connectivity index (χ0n) is 8.29. The quantitative estimate of drug-likeness (QED) is 0.591. The fourth-order valence-corrected chi connectivity index (χ4v) is 2.03. The van der Waals surface area contributed by atoms with Gasteiger partial charge in [0, 0.05) is 19.1 Å². The van der Waals surface area contributed by atoms with E-state index in [4.69, 9.17) is 5.73 Å². The number of nitrogens with zero attached hydrogens (tertiary/aromatic N) is 2. The van der Waals surface area contributed by atoms with Crippen molar-refractivity contribution in [3.05, 3.63) is 10.4 Å². The molecule has 3 rings (SSSR count). The lowest BCUT2D eigenvalue weighted by Crippen LogP contribution is -2.40. The van der Waals surface area contributed by atoms with E-state index in [2.05, 4.69) is 20.2 Å². The maximum atomic E-state index is 11.8. The van der Waals surface area contributed by atoms with Crippen LogP contribution in [0, 0.1) is 0 Å². The summed E-state index contributed by atoms with van der Waals surface area (Å²) in [5, 5.41) is 3.10. The summed E-state index contributed by atoms with van der Waals surface area (Å²) < 4.78 is 0. The average molecular weight is 207 g/mol.